The molecule has 0 aromatic heterocycles. The lowest BCUT2D eigenvalue weighted by atomic mass is 10.2. The molecule has 0 saturated heterocycles. The minimum absolute atomic E-state index is 0.0449. The number of halogens is 3. The molecule has 2 aromatic carbocycles. The number of likely N-dealkylation sites (N-methyl/N-ethyl adjacent to an activating group) is 1. The molecule has 0 aliphatic rings. The van der Waals surface area contributed by atoms with Crippen molar-refractivity contribution in [2.75, 3.05) is 20.3 Å². The van der Waals surface area contributed by atoms with Gasteiger partial charge in [0.15, 0.2) is 13.2 Å². The summed E-state index contributed by atoms with van der Waals surface area (Å²) in [7, 11) is 1.53. The second-order valence-electron chi connectivity index (χ2n) is 5.89. The molecule has 28 heavy (non-hydrogen) atoms. The van der Waals surface area contributed by atoms with Crippen molar-refractivity contribution in [3.63, 3.8) is 0 Å². The zero-order valence-corrected chi connectivity index (χ0v) is 14.9. The summed E-state index contributed by atoms with van der Waals surface area (Å²) in [6, 6.07) is 10.8. The van der Waals surface area contributed by atoms with E-state index in [-0.39, 0.29) is 12.3 Å². The second-order valence-corrected chi connectivity index (χ2v) is 5.89. The number of aliphatic carboxylic acids is 1. The normalized spacial score (nSPS) is 11.0. The molecule has 0 aliphatic heterocycles. The fourth-order valence-electron chi connectivity index (χ4n) is 2.22. The molecular weight excluding hydrogens is 379 g/mol. The number of carbonyl (C=O) groups is 2. The molecule has 0 fully saturated rings. The predicted molar refractivity (Wildman–Crippen MR) is 93.0 cm³/mol. The first-order valence-electron chi connectivity index (χ1n) is 8.12. The molecule has 0 heterocycles. The molecule has 9 heteroatoms. The average molecular weight is 397 g/mol. The number of hydrogen-bond donors (Lipinski definition) is 1. The van der Waals surface area contributed by atoms with E-state index in [2.05, 4.69) is 0 Å². The van der Waals surface area contributed by atoms with Crippen molar-refractivity contribution in [3.8, 4) is 11.5 Å². The first kappa shape index (κ1) is 21.1. The minimum atomic E-state index is -4.49. The summed E-state index contributed by atoms with van der Waals surface area (Å²) in [5.74, 6) is -1.16. The van der Waals surface area contributed by atoms with Crippen LogP contribution < -0.4 is 9.47 Å². The number of hydrogen-bond acceptors (Lipinski definition) is 4. The van der Waals surface area contributed by atoms with E-state index in [1.807, 2.05) is 0 Å². The highest BCUT2D eigenvalue weighted by Crippen LogP contribution is 2.31. The van der Waals surface area contributed by atoms with Crippen LogP contribution >= 0.6 is 0 Å². The number of ether oxygens (including phenoxy) is 2. The molecule has 0 atom stereocenters. The Morgan fingerprint density at radius 1 is 1.00 bits per heavy atom. The van der Waals surface area contributed by atoms with E-state index in [1.165, 1.54) is 24.1 Å². The zero-order chi connectivity index (χ0) is 20.7. The summed E-state index contributed by atoms with van der Waals surface area (Å²) < 4.78 is 48.2. The van der Waals surface area contributed by atoms with Gasteiger partial charge in [0.2, 0.25) is 0 Å². The molecular formula is C19H18F3NO5. The molecule has 0 radical (unpaired) electrons. The van der Waals surface area contributed by atoms with E-state index >= 15 is 0 Å². The maximum atomic E-state index is 12.7. The van der Waals surface area contributed by atoms with E-state index in [1.54, 1.807) is 24.3 Å². The Balaban J connectivity index is 1.87. The maximum absolute atomic E-state index is 12.7. The van der Waals surface area contributed by atoms with Gasteiger partial charge < -0.3 is 19.5 Å². The molecule has 2 rings (SSSR count). The fraction of sp³-hybridized carbons (Fsp3) is 0.263. The summed E-state index contributed by atoms with van der Waals surface area (Å²) in [6.45, 7) is -0.619. The van der Waals surface area contributed by atoms with Gasteiger partial charge in [-0.15, -0.1) is 0 Å². The molecule has 1 N–H and O–H groups in total. The van der Waals surface area contributed by atoms with Crippen molar-refractivity contribution < 1.29 is 37.3 Å². The van der Waals surface area contributed by atoms with Gasteiger partial charge in [0.25, 0.3) is 5.91 Å². The standard InChI is InChI=1S/C19H18F3NO5/c1-23(10-13-5-7-15(8-6-13)28-12-18(25)26)17(24)11-27-16-4-2-3-14(9-16)19(20,21)22/h2-9H,10-12H2,1H3,(H,25,26). The van der Waals surface area contributed by atoms with Gasteiger partial charge in [0.1, 0.15) is 11.5 Å². The molecule has 0 unspecified atom stereocenters. The summed E-state index contributed by atoms with van der Waals surface area (Å²) in [4.78, 5) is 24.0. The van der Waals surface area contributed by atoms with Crippen LogP contribution in [0.15, 0.2) is 48.5 Å². The van der Waals surface area contributed by atoms with E-state index in [4.69, 9.17) is 14.6 Å². The van der Waals surface area contributed by atoms with Gasteiger partial charge in [0, 0.05) is 13.6 Å². The van der Waals surface area contributed by atoms with Crippen molar-refractivity contribution in [3.05, 3.63) is 59.7 Å². The molecule has 2 aromatic rings. The van der Waals surface area contributed by atoms with E-state index in [0.717, 1.165) is 17.7 Å². The lowest BCUT2D eigenvalue weighted by Gasteiger charge is -2.18. The quantitative estimate of drug-likeness (QED) is 0.740. The third-order valence-electron chi connectivity index (χ3n) is 3.65. The van der Waals surface area contributed by atoms with Crippen molar-refractivity contribution in [2.24, 2.45) is 0 Å². The van der Waals surface area contributed by atoms with Crippen LogP contribution in [0.1, 0.15) is 11.1 Å². The van der Waals surface area contributed by atoms with E-state index in [0.29, 0.717) is 5.75 Å². The van der Waals surface area contributed by atoms with Crippen molar-refractivity contribution >= 4 is 11.9 Å². The van der Waals surface area contributed by atoms with Gasteiger partial charge in [-0.3, -0.25) is 4.79 Å². The molecule has 150 valence electrons. The van der Waals surface area contributed by atoms with Crippen LogP contribution in [0.5, 0.6) is 11.5 Å². The minimum Gasteiger partial charge on any atom is -0.484 e. The number of carbonyl (C=O) groups excluding carboxylic acids is 1. The van der Waals surface area contributed by atoms with Crippen LogP contribution in [0.2, 0.25) is 0 Å². The van der Waals surface area contributed by atoms with Crippen molar-refractivity contribution in [1.82, 2.24) is 4.90 Å². The van der Waals surface area contributed by atoms with Gasteiger partial charge >= 0.3 is 12.1 Å². The molecule has 6 nitrogen and oxygen atoms in total. The summed E-state index contributed by atoms with van der Waals surface area (Å²) in [5, 5.41) is 8.56. The summed E-state index contributed by atoms with van der Waals surface area (Å²) in [5.41, 5.74) is -0.0893. The first-order valence-corrected chi connectivity index (χ1v) is 8.12. The lowest BCUT2D eigenvalue weighted by Crippen LogP contribution is -2.31. The number of benzene rings is 2. The Kier molecular flexibility index (Phi) is 6.86. The zero-order valence-electron chi connectivity index (χ0n) is 14.9. The van der Waals surface area contributed by atoms with Gasteiger partial charge in [-0.2, -0.15) is 13.2 Å². The number of rotatable bonds is 8. The Bertz CT molecular complexity index is 821. The van der Waals surface area contributed by atoms with Crippen LogP contribution in [0, 0.1) is 0 Å². The molecule has 0 saturated carbocycles. The predicted octanol–water partition coefficient (Wildman–Crippen LogP) is 3.21. The SMILES string of the molecule is CN(Cc1ccc(OCC(=O)O)cc1)C(=O)COc1cccc(C(F)(F)F)c1. The monoisotopic (exact) mass is 397 g/mol. The number of carboxylic acids is 1. The third kappa shape index (κ3) is 6.49. The van der Waals surface area contributed by atoms with Crippen LogP contribution in [0.25, 0.3) is 0 Å². The highest BCUT2D eigenvalue weighted by atomic mass is 19.4. The molecule has 0 bridgehead atoms. The average Bonchev–Trinajstić information content (AvgIpc) is 2.65. The number of carboxylic acid groups (broad SMARTS) is 1. The first-order chi connectivity index (χ1) is 13.1. The van der Waals surface area contributed by atoms with Gasteiger partial charge in [-0.25, -0.2) is 4.79 Å². The molecule has 0 spiro atoms. The topological polar surface area (TPSA) is 76.1 Å². The van der Waals surface area contributed by atoms with Crippen LogP contribution in [-0.4, -0.2) is 42.1 Å². The fourth-order valence-corrected chi connectivity index (χ4v) is 2.22. The Hall–Kier alpha value is -3.23. The summed E-state index contributed by atoms with van der Waals surface area (Å²) in [6.07, 6.45) is -4.49. The van der Waals surface area contributed by atoms with E-state index in [9.17, 15) is 22.8 Å². The Morgan fingerprint density at radius 3 is 2.25 bits per heavy atom. The lowest BCUT2D eigenvalue weighted by molar-refractivity contribution is -0.139. The van der Waals surface area contributed by atoms with Gasteiger partial charge in [0.05, 0.1) is 5.56 Å². The highest BCUT2D eigenvalue weighted by Gasteiger charge is 2.30. The third-order valence-corrected chi connectivity index (χ3v) is 3.65. The van der Waals surface area contributed by atoms with Crippen molar-refractivity contribution in [2.45, 2.75) is 12.7 Å². The van der Waals surface area contributed by atoms with E-state index < -0.39 is 36.8 Å². The Morgan fingerprint density at radius 2 is 1.64 bits per heavy atom. The van der Waals surface area contributed by atoms with Crippen molar-refractivity contribution in [1.29, 1.82) is 0 Å². The molecule has 1 amide bonds. The Labute approximate surface area is 159 Å². The number of alkyl halides is 3. The highest BCUT2D eigenvalue weighted by molar-refractivity contribution is 5.77. The van der Waals surface area contributed by atoms with Crippen LogP contribution in [0.3, 0.4) is 0 Å². The molecule has 0 aliphatic carbocycles. The van der Waals surface area contributed by atoms with Crippen LogP contribution in [0.4, 0.5) is 13.2 Å². The van der Waals surface area contributed by atoms with Crippen LogP contribution in [-0.2, 0) is 22.3 Å². The number of nitrogens with zero attached hydrogens (tertiary/aromatic N) is 1. The van der Waals surface area contributed by atoms with Gasteiger partial charge in [-0.1, -0.05) is 18.2 Å². The smallest absolute Gasteiger partial charge is 0.416 e. The largest absolute Gasteiger partial charge is 0.484 e. The second kappa shape index (κ2) is 9.12. The maximum Gasteiger partial charge on any atom is 0.416 e. The number of amides is 1. The summed E-state index contributed by atoms with van der Waals surface area (Å²) >= 11 is 0. The van der Waals surface area contributed by atoms with Gasteiger partial charge in [-0.05, 0) is 35.9 Å².